The van der Waals surface area contributed by atoms with E-state index in [0.29, 0.717) is 12.8 Å². The molecule has 0 aromatic heterocycles. The first kappa shape index (κ1) is 16.9. The maximum Gasteiger partial charge on any atom is 0.0975 e. The van der Waals surface area contributed by atoms with Gasteiger partial charge >= 0.3 is 0 Å². The molecule has 0 aromatic carbocycles. The molecule has 0 aliphatic heterocycles. The van der Waals surface area contributed by atoms with E-state index in [2.05, 4.69) is 0 Å². The normalized spacial score (nSPS) is 13.8. The van der Waals surface area contributed by atoms with Crippen molar-refractivity contribution in [2.24, 2.45) is 0 Å². The van der Waals surface area contributed by atoms with Crippen molar-refractivity contribution in [2.75, 3.05) is 6.61 Å². The van der Waals surface area contributed by atoms with Crippen LogP contribution in [0.25, 0.3) is 0 Å². The Morgan fingerprint density at radius 3 is 1.88 bits per heavy atom. The van der Waals surface area contributed by atoms with Crippen LogP contribution in [0.4, 0.5) is 0 Å². The molecule has 0 aliphatic rings. The minimum Gasteiger partial charge on any atom is -0.748 e. The van der Waals surface area contributed by atoms with Gasteiger partial charge in [0.05, 0.1) is 10.1 Å². The highest BCUT2D eigenvalue weighted by Gasteiger charge is 2.12. The lowest BCUT2D eigenvalue weighted by molar-refractivity contribution is 0.282. The number of rotatable bonds is 11. The van der Waals surface area contributed by atoms with Crippen LogP contribution in [0.15, 0.2) is 0 Å². The molecular weight excluding hydrogens is 240 g/mol. The molecule has 104 valence electrons. The fraction of sp³-hybridized carbons (Fsp3) is 1.00. The third-order valence-electron chi connectivity index (χ3n) is 3.05. The van der Waals surface area contributed by atoms with Gasteiger partial charge in [-0.2, -0.15) is 0 Å². The van der Waals surface area contributed by atoms with Crippen molar-refractivity contribution in [1.82, 2.24) is 0 Å². The Balaban J connectivity index is 3.44. The van der Waals surface area contributed by atoms with Crippen molar-refractivity contribution in [2.45, 2.75) is 70.0 Å². The van der Waals surface area contributed by atoms with E-state index in [1.807, 2.05) is 0 Å². The molecule has 1 atom stereocenters. The summed E-state index contributed by atoms with van der Waals surface area (Å²) in [6.07, 6.45) is 7.99. The van der Waals surface area contributed by atoms with Gasteiger partial charge in [0.1, 0.15) is 0 Å². The molecule has 1 N–H and O–H groups in total. The third kappa shape index (κ3) is 9.56. The summed E-state index contributed by atoms with van der Waals surface area (Å²) in [5.41, 5.74) is 0. The van der Waals surface area contributed by atoms with Gasteiger partial charge in [-0.3, -0.25) is 0 Å². The van der Waals surface area contributed by atoms with Gasteiger partial charge in [0.15, 0.2) is 0 Å². The Bertz CT molecular complexity index is 262. The predicted molar refractivity (Wildman–Crippen MR) is 67.8 cm³/mol. The van der Waals surface area contributed by atoms with Crippen LogP contribution in [-0.4, -0.2) is 29.9 Å². The molecule has 0 bridgehead atoms. The van der Waals surface area contributed by atoms with Crippen molar-refractivity contribution in [3.8, 4) is 0 Å². The van der Waals surface area contributed by atoms with Gasteiger partial charge in [-0.1, -0.05) is 45.4 Å². The lowest BCUT2D eigenvalue weighted by Crippen LogP contribution is -2.19. The maximum absolute atomic E-state index is 10.8. The van der Waals surface area contributed by atoms with Crippen molar-refractivity contribution in [3.05, 3.63) is 0 Å². The predicted octanol–water partition coefficient (Wildman–Crippen LogP) is 2.42. The molecule has 0 saturated heterocycles. The van der Waals surface area contributed by atoms with Crippen LogP contribution in [0, 0.1) is 0 Å². The molecule has 0 aromatic rings. The second kappa shape index (κ2) is 9.85. The second-order valence-corrected chi connectivity index (χ2v) is 6.16. The highest BCUT2D eigenvalue weighted by molar-refractivity contribution is 7.86. The van der Waals surface area contributed by atoms with Crippen LogP contribution < -0.4 is 0 Å². The van der Waals surface area contributed by atoms with E-state index in [1.54, 1.807) is 6.92 Å². The van der Waals surface area contributed by atoms with Gasteiger partial charge in [-0.15, -0.1) is 0 Å². The Labute approximate surface area is 105 Å². The van der Waals surface area contributed by atoms with Crippen LogP contribution in [0.2, 0.25) is 0 Å². The highest BCUT2D eigenvalue weighted by Crippen LogP contribution is 2.15. The minimum atomic E-state index is -4.10. The van der Waals surface area contributed by atoms with Gasteiger partial charge in [-0.25, -0.2) is 8.42 Å². The Morgan fingerprint density at radius 1 is 1.00 bits per heavy atom. The Hall–Kier alpha value is -0.130. The van der Waals surface area contributed by atoms with Gasteiger partial charge in [0.2, 0.25) is 0 Å². The smallest absolute Gasteiger partial charge is 0.0975 e. The van der Waals surface area contributed by atoms with E-state index in [4.69, 9.17) is 5.11 Å². The molecule has 5 heteroatoms. The summed E-state index contributed by atoms with van der Waals surface area (Å²) in [6, 6.07) is 0. The van der Waals surface area contributed by atoms with E-state index in [0.717, 1.165) is 44.9 Å². The third-order valence-corrected chi connectivity index (χ3v) is 4.43. The molecule has 0 fully saturated rings. The monoisotopic (exact) mass is 265 g/mol. The fourth-order valence-electron chi connectivity index (χ4n) is 1.92. The zero-order valence-electron chi connectivity index (χ0n) is 10.7. The van der Waals surface area contributed by atoms with Crippen molar-refractivity contribution in [3.63, 3.8) is 0 Å². The first-order valence-corrected chi connectivity index (χ1v) is 8.05. The molecule has 0 rings (SSSR count). The lowest BCUT2D eigenvalue weighted by atomic mass is 10.1. The first-order valence-electron chi connectivity index (χ1n) is 6.58. The number of hydrogen-bond donors (Lipinski definition) is 1. The van der Waals surface area contributed by atoms with Gasteiger partial charge in [-0.05, 0) is 19.3 Å². The molecule has 0 saturated carbocycles. The number of unbranched alkanes of at least 4 members (excludes halogenated alkanes) is 6. The number of aliphatic hydroxyl groups is 1. The van der Waals surface area contributed by atoms with E-state index >= 15 is 0 Å². The summed E-state index contributed by atoms with van der Waals surface area (Å²) < 4.78 is 32.5. The fourth-order valence-corrected chi connectivity index (χ4v) is 2.78. The zero-order chi connectivity index (χ0) is 13.1. The Morgan fingerprint density at radius 2 is 1.47 bits per heavy atom. The van der Waals surface area contributed by atoms with Crippen LogP contribution in [-0.2, 0) is 10.1 Å². The summed E-state index contributed by atoms with van der Waals surface area (Å²) in [5.74, 6) is 0. The zero-order valence-corrected chi connectivity index (χ0v) is 11.5. The van der Waals surface area contributed by atoms with E-state index < -0.39 is 15.4 Å². The quantitative estimate of drug-likeness (QED) is 0.460. The molecule has 1 unspecified atom stereocenters. The van der Waals surface area contributed by atoms with E-state index in [-0.39, 0.29) is 6.61 Å². The maximum atomic E-state index is 10.8. The molecule has 0 amide bonds. The number of aliphatic hydroxyl groups excluding tert-OH is 1. The summed E-state index contributed by atoms with van der Waals surface area (Å²) >= 11 is 0. The van der Waals surface area contributed by atoms with Gasteiger partial charge in [0, 0.05) is 11.9 Å². The molecule has 4 nitrogen and oxygen atoms in total. The van der Waals surface area contributed by atoms with Crippen molar-refractivity contribution in [1.29, 1.82) is 0 Å². The minimum absolute atomic E-state index is 0.263. The SMILES string of the molecule is CCC(CCCCCCCCCO)S(=O)(=O)[O-]. The van der Waals surface area contributed by atoms with Crippen LogP contribution >= 0.6 is 0 Å². The highest BCUT2D eigenvalue weighted by atomic mass is 32.2. The van der Waals surface area contributed by atoms with E-state index in [9.17, 15) is 13.0 Å². The molecule has 0 aliphatic carbocycles. The van der Waals surface area contributed by atoms with Crippen LogP contribution in [0.5, 0.6) is 0 Å². The Kier molecular flexibility index (Phi) is 9.78. The van der Waals surface area contributed by atoms with E-state index in [1.165, 1.54) is 0 Å². The van der Waals surface area contributed by atoms with Crippen molar-refractivity contribution < 1.29 is 18.1 Å². The van der Waals surface area contributed by atoms with Crippen LogP contribution in [0.3, 0.4) is 0 Å². The summed E-state index contributed by atoms with van der Waals surface area (Å²) in [7, 11) is -4.10. The summed E-state index contributed by atoms with van der Waals surface area (Å²) in [4.78, 5) is 0. The molecule has 0 spiro atoms. The average Bonchev–Trinajstić information content (AvgIpc) is 2.25. The second-order valence-electron chi connectivity index (χ2n) is 4.51. The molecule has 0 radical (unpaired) electrons. The summed E-state index contributed by atoms with van der Waals surface area (Å²) in [6.45, 7) is 2.01. The topological polar surface area (TPSA) is 77.4 Å². The molecule has 17 heavy (non-hydrogen) atoms. The van der Waals surface area contributed by atoms with Gasteiger partial charge < -0.3 is 9.66 Å². The molecule has 0 heterocycles. The van der Waals surface area contributed by atoms with Gasteiger partial charge in [0.25, 0.3) is 0 Å². The first-order chi connectivity index (χ1) is 8.02. The van der Waals surface area contributed by atoms with Crippen LogP contribution in [0.1, 0.15) is 64.7 Å². The standard InChI is InChI=1S/C12H26O4S/c1-2-12(17(14,15)16)10-8-6-4-3-5-7-9-11-13/h12-13H,2-11H2,1H3,(H,14,15,16)/p-1. The van der Waals surface area contributed by atoms with Crippen molar-refractivity contribution >= 4 is 10.1 Å². The number of hydrogen-bond acceptors (Lipinski definition) is 4. The average molecular weight is 265 g/mol. The largest absolute Gasteiger partial charge is 0.748 e. The summed E-state index contributed by atoms with van der Waals surface area (Å²) in [5, 5.41) is 7.89. The lowest BCUT2D eigenvalue weighted by Gasteiger charge is -2.18. The molecular formula is C12H25O4S-.